The van der Waals surface area contributed by atoms with E-state index in [2.05, 4.69) is 14.5 Å². The van der Waals surface area contributed by atoms with E-state index < -0.39 is 0 Å². The second-order valence-electron chi connectivity index (χ2n) is 7.39. The molecule has 6 nitrogen and oxygen atoms in total. The molecule has 0 bridgehead atoms. The highest BCUT2D eigenvalue weighted by molar-refractivity contribution is 6.31. The van der Waals surface area contributed by atoms with Crippen molar-refractivity contribution in [3.63, 3.8) is 0 Å². The molecular weight excluding hydrogens is 398 g/mol. The van der Waals surface area contributed by atoms with Crippen molar-refractivity contribution in [2.75, 3.05) is 12.3 Å². The molecule has 4 aromatic rings. The Morgan fingerprint density at radius 3 is 2.70 bits per heavy atom. The van der Waals surface area contributed by atoms with Gasteiger partial charge in [0.2, 0.25) is 5.91 Å². The molecule has 0 saturated carbocycles. The van der Waals surface area contributed by atoms with Crippen LogP contribution in [0.4, 0.5) is 5.82 Å². The van der Waals surface area contributed by atoms with E-state index >= 15 is 0 Å². The fourth-order valence-corrected chi connectivity index (χ4v) is 3.94. The van der Waals surface area contributed by atoms with Gasteiger partial charge in [0, 0.05) is 37.0 Å². The molecule has 0 atom stereocenters. The summed E-state index contributed by atoms with van der Waals surface area (Å²) in [6.07, 6.45) is 3.61. The molecule has 1 amide bonds. The molecule has 154 valence electrons. The van der Waals surface area contributed by atoms with Gasteiger partial charge in [-0.3, -0.25) is 4.79 Å². The van der Waals surface area contributed by atoms with Crippen molar-refractivity contribution in [2.24, 2.45) is 0 Å². The summed E-state index contributed by atoms with van der Waals surface area (Å²) in [5, 5.41) is 1.73. The molecule has 0 saturated heterocycles. The van der Waals surface area contributed by atoms with Gasteiger partial charge in [-0.1, -0.05) is 48.0 Å². The van der Waals surface area contributed by atoms with Crippen molar-refractivity contribution in [1.29, 1.82) is 0 Å². The molecule has 2 aromatic heterocycles. The molecule has 0 aliphatic carbocycles. The number of aryl methyl sites for hydroxylation is 1. The summed E-state index contributed by atoms with van der Waals surface area (Å²) in [5.74, 6) is 0.498. The number of pyridine rings is 1. The molecule has 0 aliphatic rings. The van der Waals surface area contributed by atoms with E-state index in [9.17, 15) is 4.79 Å². The van der Waals surface area contributed by atoms with Gasteiger partial charge >= 0.3 is 0 Å². The van der Waals surface area contributed by atoms with Crippen molar-refractivity contribution in [3.05, 3.63) is 65.4 Å². The third-order valence-corrected chi connectivity index (χ3v) is 5.69. The van der Waals surface area contributed by atoms with Crippen molar-refractivity contribution in [2.45, 2.75) is 32.9 Å². The number of unbranched alkanes of at least 4 members (excludes halogenated alkanes) is 1. The van der Waals surface area contributed by atoms with E-state index in [4.69, 9.17) is 17.3 Å². The average molecular weight is 422 g/mol. The Morgan fingerprint density at radius 2 is 1.90 bits per heavy atom. The number of hydrogen-bond acceptors (Lipinski definition) is 4. The number of anilines is 1. The second kappa shape index (κ2) is 8.71. The number of benzene rings is 2. The number of hydrogen-bond donors (Lipinski definition) is 1. The van der Waals surface area contributed by atoms with Crippen LogP contribution in [-0.2, 0) is 17.9 Å². The number of carbonyl (C=O) groups is 1. The Labute approximate surface area is 180 Å². The Morgan fingerprint density at radius 1 is 1.13 bits per heavy atom. The smallest absolute Gasteiger partial charge is 0.219 e. The van der Waals surface area contributed by atoms with Gasteiger partial charge in [0.25, 0.3) is 0 Å². The SMILES string of the molecule is CC(=O)N(CCCCn1cnc2c(N)nc3ccccc3c21)Cc1ccccc1Cl. The molecule has 4 rings (SSSR count). The minimum Gasteiger partial charge on any atom is -0.382 e. The number of aromatic nitrogens is 3. The highest BCUT2D eigenvalue weighted by atomic mass is 35.5. The van der Waals surface area contributed by atoms with Gasteiger partial charge in [0.1, 0.15) is 5.52 Å². The minimum atomic E-state index is 0.0489. The van der Waals surface area contributed by atoms with Gasteiger partial charge in [-0.05, 0) is 30.5 Å². The molecule has 7 heteroatoms. The number of amides is 1. The monoisotopic (exact) mass is 421 g/mol. The topological polar surface area (TPSA) is 77.0 Å². The highest BCUT2D eigenvalue weighted by Crippen LogP contribution is 2.27. The van der Waals surface area contributed by atoms with E-state index in [0.29, 0.717) is 23.9 Å². The normalized spacial score (nSPS) is 11.3. The van der Waals surface area contributed by atoms with Crippen molar-refractivity contribution in [3.8, 4) is 0 Å². The first-order valence-corrected chi connectivity index (χ1v) is 10.4. The summed E-state index contributed by atoms with van der Waals surface area (Å²) in [6, 6.07) is 15.6. The van der Waals surface area contributed by atoms with Gasteiger partial charge in [0.05, 0.1) is 17.4 Å². The van der Waals surface area contributed by atoms with Crippen LogP contribution in [0.2, 0.25) is 5.02 Å². The third-order valence-electron chi connectivity index (χ3n) is 5.32. The Hall–Kier alpha value is -3.12. The molecule has 2 aromatic carbocycles. The van der Waals surface area contributed by atoms with Crippen LogP contribution in [0, 0.1) is 0 Å². The predicted octanol–water partition coefficient (Wildman–Crippen LogP) is 4.65. The van der Waals surface area contributed by atoms with Gasteiger partial charge in [-0.2, -0.15) is 0 Å². The van der Waals surface area contributed by atoms with E-state index in [0.717, 1.165) is 46.9 Å². The summed E-state index contributed by atoms with van der Waals surface area (Å²) in [4.78, 5) is 22.8. The van der Waals surface area contributed by atoms with Crippen LogP contribution in [-0.4, -0.2) is 31.9 Å². The largest absolute Gasteiger partial charge is 0.382 e. The fraction of sp³-hybridized carbons (Fsp3) is 0.261. The number of nitrogens with zero attached hydrogens (tertiary/aromatic N) is 4. The van der Waals surface area contributed by atoms with E-state index in [1.54, 1.807) is 6.92 Å². The number of rotatable bonds is 7. The summed E-state index contributed by atoms with van der Waals surface area (Å²) in [6.45, 7) is 3.59. The first kappa shape index (κ1) is 20.2. The number of nitrogens with two attached hydrogens (primary N) is 1. The molecule has 0 unspecified atom stereocenters. The van der Waals surface area contributed by atoms with Crippen LogP contribution in [0.3, 0.4) is 0 Å². The van der Waals surface area contributed by atoms with Crippen LogP contribution >= 0.6 is 11.6 Å². The molecule has 0 fully saturated rings. The van der Waals surface area contributed by atoms with Crippen molar-refractivity contribution >= 4 is 45.3 Å². The molecule has 30 heavy (non-hydrogen) atoms. The number of para-hydroxylation sites is 1. The zero-order valence-electron chi connectivity index (χ0n) is 16.9. The van der Waals surface area contributed by atoms with Gasteiger partial charge < -0.3 is 15.2 Å². The van der Waals surface area contributed by atoms with Crippen LogP contribution in [0.25, 0.3) is 21.9 Å². The molecule has 2 heterocycles. The zero-order valence-corrected chi connectivity index (χ0v) is 17.6. The number of carbonyl (C=O) groups excluding carboxylic acids is 1. The maximum Gasteiger partial charge on any atom is 0.219 e. The Bertz CT molecular complexity index is 1200. The quantitative estimate of drug-likeness (QED) is 0.440. The summed E-state index contributed by atoms with van der Waals surface area (Å²) in [7, 11) is 0. The zero-order chi connectivity index (χ0) is 21.1. The lowest BCUT2D eigenvalue weighted by Crippen LogP contribution is -2.29. The Kier molecular flexibility index (Phi) is 5.86. The molecule has 0 radical (unpaired) electrons. The lowest BCUT2D eigenvalue weighted by Gasteiger charge is -2.22. The second-order valence-corrected chi connectivity index (χ2v) is 7.80. The minimum absolute atomic E-state index is 0.0489. The maximum absolute atomic E-state index is 12.1. The van der Waals surface area contributed by atoms with Gasteiger partial charge in [-0.15, -0.1) is 0 Å². The molecule has 0 aliphatic heterocycles. The van der Waals surface area contributed by atoms with E-state index in [-0.39, 0.29) is 5.91 Å². The standard InChI is InChI=1S/C23H24ClN5O/c1-16(30)28(14-17-8-2-4-10-19(17)24)12-6-7-13-29-15-26-21-22(29)18-9-3-5-11-20(18)27-23(21)25/h2-5,8-11,15H,6-7,12-14H2,1H3,(H2,25,27). The van der Waals surface area contributed by atoms with E-state index in [1.807, 2.05) is 59.8 Å². The Balaban J connectivity index is 1.44. The predicted molar refractivity (Wildman–Crippen MR) is 121 cm³/mol. The number of fused-ring (bicyclic) bond motifs is 3. The van der Waals surface area contributed by atoms with Crippen molar-refractivity contribution in [1.82, 2.24) is 19.4 Å². The van der Waals surface area contributed by atoms with Crippen LogP contribution in [0.5, 0.6) is 0 Å². The number of imidazole rings is 1. The average Bonchev–Trinajstić information content (AvgIpc) is 3.16. The lowest BCUT2D eigenvalue weighted by molar-refractivity contribution is -0.129. The van der Waals surface area contributed by atoms with Crippen molar-refractivity contribution < 1.29 is 4.79 Å². The number of halogens is 1. The van der Waals surface area contributed by atoms with Crippen LogP contribution < -0.4 is 5.73 Å². The number of nitrogen functional groups attached to an aromatic ring is 1. The fourth-order valence-electron chi connectivity index (χ4n) is 3.74. The summed E-state index contributed by atoms with van der Waals surface area (Å²) >= 11 is 6.25. The molecular formula is C23H24ClN5O. The third kappa shape index (κ3) is 4.09. The van der Waals surface area contributed by atoms with Gasteiger partial charge in [-0.25, -0.2) is 9.97 Å². The molecule has 0 spiro atoms. The molecule has 2 N–H and O–H groups in total. The van der Waals surface area contributed by atoms with E-state index in [1.165, 1.54) is 0 Å². The van der Waals surface area contributed by atoms with Gasteiger partial charge in [0.15, 0.2) is 5.82 Å². The lowest BCUT2D eigenvalue weighted by atomic mass is 10.1. The maximum atomic E-state index is 12.1. The first-order chi connectivity index (χ1) is 14.5. The first-order valence-electron chi connectivity index (χ1n) is 10.0. The highest BCUT2D eigenvalue weighted by Gasteiger charge is 2.13. The summed E-state index contributed by atoms with van der Waals surface area (Å²) in [5.41, 5.74) is 9.68. The summed E-state index contributed by atoms with van der Waals surface area (Å²) < 4.78 is 2.13. The van der Waals surface area contributed by atoms with Crippen LogP contribution in [0.1, 0.15) is 25.3 Å². The van der Waals surface area contributed by atoms with Crippen LogP contribution in [0.15, 0.2) is 54.9 Å².